The molecular formula is C13H18N2O4. The fourth-order valence-electron chi connectivity index (χ4n) is 1.68. The van der Waals surface area contributed by atoms with Crippen LogP contribution in [0, 0.1) is 0 Å². The second kappa shape index (κ2) is 7.38. The minimum Gasteiger partial charge on any atom is -0.481 e. The van der Waals surface area contributed by atoms with Crippen molar-refractivity contribution in [1.82, 2.24) is 0 Å². The molecule has 1 aromatic carbocycles. The van der Waals surface area contributed by atoms with Crippen LogP contribution in [0.2, 0.25) is 0 Å². The topological polar surface area (TPSA) is 92.9 Å². The van der Waals surface area contributed by atoms with Gasteiger partial charge in [0.15, 0.2) is 0 Å². The molecule has 0 aromatic heterocycles. The summed E-state index contributed by atoms with van der Waals surface area (Å²) < 4.78 is 4.61. The van der Waals surface area contributed by atoms with E-state index in [1.165, 1.54) is 7.11 Å². The largest absolute Gasteiger partial charge is 0.481 e. The standard InChI is InChI=1S/C13H18N2O4/c1-19-13(18)10-2-4-11(5-3-10)15(9-7-14)8-6-12(16)17/h2-5H,6-9,14H2,1H3,(H,16,17). The first kappa shape index (κ1) is 15.0. The van der Waals surface area contributed by atoms with E-state index in [4.69, 9.17) is 10.8 Å². The van der Waals surface area contributed by atoms with Crippen molar-refractivity contribution < 1.29 is 19.4 Å². The van der Waals surface area contributed by atoms with Gasteiger partial charge in [-0.25, -0.2) is 4.79 Å². The highest BCUT2D eigenvalue weighted by Gasteiger charge is 2.10. The number of anilines is 1. The van der Waals surface area contributed by atoms with E-state index >= 15 is 0 Å². The summed E-state index contributed by atoms with van der Waals surface area (Å²) in [5.41, 5.74) is 6.80. The highest BCUT2D eigenvalue weighted by molar-refractivity contribution is 5.89. The molecule has 3 N–H and O–H groups in total. The molecule has 0 saturated carbocycles. The maximum Gasteiger partial charge on any atom is 0.337 e. The van der Waals surface area contributed by atoms with Gasteiger partial charge in [0.1, 0.15) is 0 Å². The van der Waals surface area contributed by atoms with Gasteiger partial charge in [-0.05, 0) is 24.3 Å². The van der Waals surface area contributed by atoms with Gasteiger partial charge in [0.25, 0.3) is 0 Å². The third-order valence-electron chi connectivity index (χ3n) is 2.65. The van der Waals surface area contributed by atoms with E-state index in [1.807, 2.05) is 4.90 Å². The van der Waals surface area contributed by atoms with E-state index in [9.17, 15) is 9.59 Å². The number of nitrogens with zero attached hydrogens (tertiary/aromatic N) is 1. The van der Waals surface area contributed by atoms with Crippen molar-refractivity contribution in [2.45, 2.75) is 6.42 Å². The number of carbonyl (C=O) groups is 2. The summed E-state index contributed by atoms with van der Waals surface area (Å²) in [4.78, 5) is 23.8. The van der Waals surface area contributed by atoms with Gasteiger partial charge < -0.3 is 20.5 Å². The van der Waals surface area contributed by atoms with Gasteiger partial charge in [-0.3, -0.25) is 4.79 Å². The van der Waals surface area contributed by atoms with E-state index < -0.39 is 11.9 Å². The SMILES string of the molecule is COC(=O)c1ccc(N(CCN)CCC(=O)O)cc1. The third kappa shape index (κ3) is 4.59. The van der Waals surface area contributed by atoms with Crippen LogP contribution in [0.1, 0.15) is 16.8 Å². The number of hydrogen-bond acceptors (Lipinski definition) is 5. The molecule has 19 heavy (non-hydrogen) atoms. The van der Waals surface area contributed by atoms with Crippen LogP contribution < -0.4 is 10.6 Å². The average molecular weight is 266 g/mol. The molecule has 1 aromatic rings. The second-order valence-corrected chi connectivity index (χ2v) is 3.96. The lowest BCUT2D eigenvalue weighted by Gasteiger charge is -2.23. The van der Waals surface area contributed by atoms with Crippen molar-refractivity contribution in [3.05, 3.63) is 29.8 Å². The van der Waals surface area contributed by atoms with Crippen molar-refractivity contribution in [2.75, 3.05) is 31.6 Å². The highest BCUT2D eigenvalue weighted by Crippen LogP contribution is 2.16. The van der Waals surface area contributed by atoms with Crippen molar-refractivity contribution in [1.29, 1.82) is 0 Å². The average Bonchev–Trinajstić information content (AvgIpc) is 2.42. The van der Waals surface area contributed by atoms with Crippen LogP contribution >= 0.6 is 0 Å². The van der Waals surface area contributed by atoms with Crippen LogP contribution in [0.4, 0.5) is 5.69 Å². The first-order valence-electron chi connectivity index (χ1n) is 5.93. The smallest absolute Gasteiger partial charge is 0.337 e. The van der Waals surface area contributed by atoms with Gasteiger partial charge in [0.2, 0.25) is 0 Å². The summed E-state index contributed by atoms with van der Waals surface area (Å²) in [6, 6.07) is 6.80. The van der Waals surface area contributed by atoms with Crippen LogP contribution in [0.25, 0.3) is 0 Å². The lowest BCUT2D eigenvalue weighted by atomic mass is 10.2. The van der Waals surface area contributed by atoms with E-state index in [-0.39, 0.29) is 6.42 Å². The summed E-state index contributed by atoms with van der Waals surface area (Å²) in [7, 11) is 1.32. The molecule has 0 amide bonds. The van der Waals surface area contributed by atoms with Crippen LogP contribution in [-0.2, 0) is 9.53 Å². The molecule has 0 bridgehead atoms. The summed E-state index contributed by atoms with van der Waals surface area (Å²) >= 11 is 0. The molecule has 6 heteroatoms. The number of carbonyl (C=O) groups excluding carboxylic acids is 1. The van der Waals surface area contributed by atoms with Crippen molar-refractivity contribution >= 4 is 17.6 Å². The quantitative estimate of drug-likeness (QED) is 0.706. The number of ether oxygens (including phenoxy) is 1. The maximum atomic E-state index is 11.3. The molecule has 0 unspecified atom stereocenters. The van der Waals surface area contributed by atoms with Gasteiger partial charge in [0, 0.05) is 25.3 Å². The van der Waals surface area contributed by atoms with E-state index in [1.54, 1.807) is 24.3 Å². The summed E-state index contributed by atoms with van der Waals surface area (Å²) in [5, 5.41) is 8.71. The zero-order valence-electron chi connectivity index (χ0n) is 10.8. The Bertz CT molecular complexity index is 431. The summed E-state index contributed by atoms with van der Waals surface area (Å²) in [6.07, 6.45) is 0.0404. The predicted octanol–water partition coefficient (Wildman–Crippen LogP) is 0.713. The Hall–Kier alpha value is -2.08. The fraction of sp³-hybridized carbons (Fsp3) is 0.385. The van der Waals surface area contributed by atoms with E-state index in [2.05, 4.69) is 4.74 Å². The third-order valence-corrected chi connectivity index (χ3v) is 2.65. The predicted molar refractivity (Wildman–Crippen MR) is 71.3 cm³/mol. The van der Waals surface area contributed by atoms with E-state index in [0.717, 1.165) is 5.69 Å². The number of esters is 1. The van der Waals surface area contributed by atoms with Crippen LogP contribution in [0.15, 0.2) is 24.3 Å². The minimum atomic E-state index is -0.854. The summed E-state index contributed by atoms with van der Waals surface area (Å²) in [6.45, 7) is 1.37. The Morgan fingerprint density at radius 2 is 1.89 bits per heavy atom. The van der Waals surface area contributed by atoms with Crippen molar-refractivity contribution in [3.8, 4) is 0 Å². The Labute approximate surface area is 111 Å². The summed E-state index contributed by atoms with van der Waals surface area (Å²) in [5.74, 6) is -1.25. The normalized spacial score (nSPS) is 10.0. The lowest BCUT2D eigenvalue weighted by molar-refractivity contribution is -0.136. The fourth-order valence-corrected chi connectivity index (χ4v) is 1.68. The van der Waals surface area contributed by atoms with E-state index in [0.29, 0.717) is 25.2 Å². The molecule has 0 aliphatic rings. The lowest BCUT2D eigenvalue weighted by Crippen LogP contribution is -2.31. The van der Waals surface area contributed by atoms with Crippen LogP contribution in [0.3, 0.4) is 0 Å². The van der Waals surface area contributed by atoms with Crippen molar-refractivity contribution in [3.63, 3.8) is 0 Å². The molecule has 6 nitrogen and oxygen atoms in total. The molecule has 0 heterocycles. The molecule has 0 spiro atoms. The highest BCUT2D eigenvalue weighted by atomic mass is 16.5. The second-order valence-electron chi connectivity index (χ2n) is 3.96. The molecular weight excluding hydrogens is 248 g/mol. The zero-order chi connectivity index (χ0) is 14.3. The zero-order valence-corrected chi connectivity index (χ0v) is 10.8. The Kier molecular flexibility index (Phi) is 5.81. The van der Waals surface area contributed by atoms with Crippen LogP contribution in [0.5, 0.6) is 0 Å². The Morgan fingerprint density at radius 3 is 2.37 bits per heavy atom. The molecule has 0 fully saturated rings. The number of carboxylic acid groups (broad SMARTS) is 1. The maximum absolute atomic E-state index is 11.3. The monoisotopic (exact) mass is 266 g/mol. The molecule has 0 radical (unpaired) electrons. The molecule has 104 valence electrons. The number of methoxy groups -OCH3 is 1. The molecule has 0 aliphatic heterocycles. The number of aliphatic carboxylic acids is 1. The first-order valence-corrected chi connectivity index (χ1v) is 5.93. The van der Waals surface area contributed by atoms with Gasteiger partial charge in [-0.1, -0.05) is 0 Å². The Morgan fingerprint density at radius 1 is 1.26 bits per heavy atom. The number of rotatable bonds is 7. The molecule has 0 saturated heterocycles. The van der Waals surface area contributed by atoms with Gasteiger partial charge in [-0.15, -0.1) is 0 Å². The van der Waals surface area contributed by atoms with Crippen LogP contribution in [-0.4, -0.2) is 43.8 Å². The number of nitrogens with two attached hydrogens (primary N) is 1. The minimum absolute atomic E-state index is 0.0404. The van der Waals surface area contributed by atoms with Crippen molar-refractivity contribution in [2.24, 2.45) is 5.73 Å². The number of hydrogen-bond donors (Lipinski definition) is 2. The Balaban J connectivity index is 2.78. The first-order chi connectivity index (χ1) is 9.08. The van der Waals surface area contributed by atoms with Gasteiger partial charge >= 0.3 is 11.9 Å². The molecule has 0 aliphatic carbocycles. The number of benzene rings is 1. The molecule has 1 rings (SSSR count). The van der Waals surface area contributed by atoms with Gasteiger partial charge in [0.05, 0.1) is 19.1 Å². The van der Waals surface area contributed by atoms with Gasteiger partial charge in [-0.2, -0.15) is 0 Å². The molecule has 0 atom stereocenters. The number of carboxylic acids is 1.